The first-order chi connectivity index (χ1) is 12.1. The Morgan fingerprint density at radius 3 is 2.96 bits per heavy atom. The van der Waals surface area contributed by atoms with Crippen LogP contribution >= 0.6 is 0 Å². The van der Waals surface area contributed by atoms with Crippen LogP contribution in [-0.2, 0) is 4.79 Å². The van der Waals surface area contributed by atoms with Gasteiger partial charge in [-0.25, -0.2) is 0 Å². The molecule has 2 atom stereocenters. The Balaban J connectivity index is 1.58. The zero-order valence-electron chi connectivity index (χ0n) is 16.0. The van der Waals surface area contributed by atoms with Crippen LogP contribution in [0.2, 0.25) is 0 Å². The molecule has 3 saturated heterocycles. The maximum Gasteiger partial charge on any atom is 0.220 e. The van der Waals surface area contributed by atoms with E-state index in [1.54, 1.807) is 0 Å². The molecule has 6 nitrogen and oxygen atoms in total. The first kappa shape index (κ1) is 18.5. The molecular weight excluding hydrogens is 314 g/mol. The van der Waals surface area contributed by atoms with Crippen LogP contribution < -0.4 is 10.6 Å². The Morgan fingerprint density at radius 1 is 1.36 bits per heavy atom. The second-order valence-electron chi connectivity index (χ2n) is 8.10. The van der Waals surface area contributed by atoms with Crippen LogP contribution in [0.15, 0.2) is 4.99 Å². The van der Waals surface area contributed by atoms with Crippen molar-refractivity contribution >= 4 is 11.9 Å². The summed E-state index contributed by atoms with van der Waals surface area (Å²) in [4.78, 5) is 21.6. The van der Waals surface area contributed by atoms with E-state index in [1.165, 1.54) is 25.8 Å². The van der Waals surface area contributed by atoms with Gasteiger partial charge in [-0.3, -0.25) is 14.7 Å². The second kappa shape index (κ2) is 8.39. The number of likely N-dealkylation sites (tertiary alicyclic amines) is 2. The van der Waals surface area contributed by atoms with E-state index in [2.05, 4.69) is 34.3 Å². The summed E-state index contributed by atoms with van der Waals surface area (Å²) in [5, 5.41) is 6.50. The number of carbonyl (C=O) groups is 1. The van der Waals surface area contributed by atoms with Gasteiger partial charge in [-0.05, 0) is 46.1 Å². The number of carbonyl (C=O) groups excluding carboxylic acids is 1. The van der Waals surface area contributed by atoms with Crippen LogP contribution in [0.3, 0.4) is 0 Å². The lowest BCUT2D eigenvalue weighted by Gasteiger charge is -2.41. The lowest BCUT2D eigenvalue weighted by Crippen LogP contribution is -2.51. The summed E-state index contributed by atoms with van der Waals surface area (Å²) in [5.41, 5.74) is 0.118. The molecule has 3 heterocycles. The molecule has 142 valence electrons. The molecule has 3 fully saturated rings. The quantitative estimate of drug-likeness (QED) is 0.595. The van der Waals surface area contributed by atoms with Gasteiger partial charge in [-0.2, -0.15) is 0 Å². The largest absolute Gasteiger partial charge is 0.357 e. The first-order valence-corrected chi connectivity index (χ1v) is 10.2. The molecule has 0 saturated carbocycles. The number of guanidine groups is 1. The van der Waals surface area contributed by atoms with Crippen LogP contribution in [0.1, 0.15) is 52.4 Å². The van der Waals surface area contributed by atoms with Gasteiger partial charge in [0.2, 0.25) is 5.91 Å². The molecule has 6 heteroatoms. The summed E-state index contributed by atoms with van der Waals surface area (Å²) >= 11 is 0. The zero-order valence-corrected chi connectivity index (χ0v) is 16.0. The average molecular weight is 350 g/mol. The maximum atomic E-state index is 11.7. The third-order valence-electron chi connectivity index (χ3n) is 6.08. The summed E-state index contributed by atoms with van der Waals surface area (Å²) < 4.78 is 0. The maximum absolute atomic E-state index is 11.7. The molecule has 0 aromatic carbocycles. The molecule has 0 radical (unpaired) electrons. The van der Waals surface area contributed by atoms with Crippen LogP contribution in [-0.4, -0.2) is 73.5 Å². The monoisotopic (exact) mass is 349 g/mol. The van der Waals surface area contributed by atoms with Crippen molar-refractivity contribution in [2.24, 2.45) is 10.4 Å². The van der Waals surface area contributed by atoms with Gasteiger partial charge in [-0.1, -0.05) is 6.42 Å². The molecule has 0 aromatic rings. The molecule has 3 rings (SSSR count). The van der Waals surface area contributed by atoms with Crippen molar-refractivity contribution in [2.45, 2.75) is 58.4 Å². The highest BCUT2D eigenvalue weighted by Crippen LogP contribution is 2.36. The van der Waals surface area contributed by atoms with E-state index in [4.69, 9.17) is 4.99 Å². The third-order valence-corrected chi connectivity index (χ3v) is 6.08. The normalized spacial score (nSPS) is 31.4. The summed E-state index contributed by atoms with van der Waals surface area (Å²) in [7, 11) is 0. The molecule has 3 aliphatic heterocycles. The van der Waals surface area contributed by atoms with Crippen molar-refractivity contribution in [3.8, 4) is 0 Å². The van der Waals surface area contributed by atoms with Crippen LogP contribution in [0.5, 0.6) is 0 Å². The molecule has 25 heavy (non-hydrogen) atoms. The van der Waals surface area contributed by atoms with E-state index in [-0.39, 0.29) is 11.3 Å². The Labute approximate surface area is 152 Å². The third kappa shape index (κ3) is 4.66. The molecule has 1 spiro atoms. The fourth-order valence-electron chi connectivity index (χ4n) is 4.63. The Kier molecular flexibility index (Phi) is 6.20. The van der Waals surface area contributed by atoms with Gasteiger partial charge < -0.3 is 15.5 Å². The predicted molar refractivity (Wildman–Crippen MR) is 102 cm³/mol. The fourth-order valence-corrected chi connectivity index (χ4v) is 4.63. The average Bonchev–Trinajstić information content (AvgIpc) is 2.95. The topological polar surface area (TPSA) is 60.0 Å². The lowest BCUT2D eigenvalue weighted by molar-refractivity contribution is -0.119. The van der Waals surface area contributed by atoms with E-state index in [9.17, 15) is 4.79 Å². The molecule has 2 N–H and O–H groups in total. The molecule has 2 unspecified atom stereocenters. The van der Waals surface area contributed by atoms with Crippen LogP contribution in [0, 0.1) is 5.41 Å². The zero-order chi connectivity index (χ0) is 17.7. The minimum atomic E-state index is 0.118. The number of nitrogens with one attached hydrogen (secondary N) is 2. The van der Waals surface area contributed by atoms with E-state index < -0.39 is 0 Å². The SMILES string of the molecule is CCNC(=NCCN1CCCCC1C)N1CCCC2(CNC(=O)C2)C1. The minimum Gasteiger partial charge on any atom is -0.357 e. The van der Waals surface area contributed by atoms with Crippen molar-refractivity contribution in [3.05, 3.63) is 0 Å². The van der Waals surface area contributed by atoms with E-state index in [0.717, 1.165) is 58.1 Å². The van der Waals surface area contributed by atoms with Crippen LogP contribution in [0.4, 0.5) is 0 Å². The summed E-state index contributed by atoms with van der Waals surface area (Å²) in [6.45, 7) is 11.3. The van der Waals surface area contributed by atoms with Gasteiger partial charge in [-0.15, -0.1) is 0 Å². The fraction of sp³-hybridized carbons (Fsp3) is 0.895. The molecule has 1 amide bonds. The molecule has 3 aliphatic rings. The van der Waals surface area contributed by atoms with Gasteiger partial charge in [0.1, 0.15) is 0 Å². The van der Waals surface area contributed by atoms with Crippen molar-refractivity contribution in [1.29, 1.82) is 0 Å². The van der Waals surface area contributed by atoms with E-state index >= 15 is 0 Å². The first-order valence-electron chi connectivity index (χ1n) is 10.2. The highest BCUT2D eigenvalue weighted by atomic mass is 16.1. The van der Waals surface area contributed by atoms with Gasteiger partial charge >= 0.3 is 0 Å². The number of nitrogens with zero attached hydrogens (tertiary/aromatic N) is 3. The second-order valence-corrected chi connectivity index (χ2v) is 8.10. The van der Waals surface area contributed by atoms with Crippen molar-refractivity contribution in [1.82, 2.24) is 20.4 Å². The van der Waals surface area contributed by atoms with Crippen molar-refractivity contribution in [2.75, 3.05) is 45.8 Å². The Hall–Kier alpha value is -1.30. The van der Waals surface area contributed by atoms with Crippen molar-refractivity contribution in [3.63, 3.8) is 0 Å². The van der Waals surface area contributed by atoms with Gasteiger partial charge in [0, 0.05) is 50.6 Å². The number of rotatable bonds is 4. The van der Waals surface area contributed by atoms with Gasteiger partial charge in [0.15, 0.2) is 5.96 Å². The van der Waals surface area contributed by atoms with Crippen LogP contribution in [0.25, 0.3) is 0 Å². The summed E-state index contributed by atoms with van der Waals surface area (Å²) in [6.07, 6.45) is 6.97. The number of aliphatic imine (C=N–C) groups is 1. The van der Waals surface area contributed by atoms with E-state index in [1.807, 2.05) is 0 Å². The van der Waals surface area contributed by atoms with Gasteiger partial charge in [0.05, 0.1) is 6.54 Å². The van der Waals surface area contributed by atoms with E-state index in [0.29, 0.717) is 12.5 Å². The molecule has 0 bridgehead atoms. The predicted octanol–water partition coefficient (Wildman–Crippen LogP) is 1.43. The Bertz CT molecular complexity index is 494. The Morgan fingerprint density at radius 2 is 2.24 bits per heavy atom. The number of hydrogen-bond acceptors (Lipinski definition) is 3. The van der Waals surface area contributed by atoms with Gasteiger partial charge in [0.25, 0.3) is 0 Å². The lowest BCUT2D eigenvalue weighted by atomic mass is 9.79. The molecule has 0 aliphatic carbocycles. The smallest absolute Gasteiger partial charge is 0.220 e. The molecular formula is C19H35N5O. The minimum absolute atomic E-state index is 0.118. The van der Waals surface area contributed by atoms with Crippen molar-refractivity contribution < 1.29 is 4.79 Å². The molecule has 0 aromatic heterocycles. The number of piperidine rings is 2. The highest BCUT2D eigenvalue weighted by molar-refractivity contribution is 5.81. The summed E-state index contributed by atoms with van der Waals surface area (Å²) in [6, 6.07) is 0.695. The summed E-state index contributed by atoms with van der Waals surface area (Å²) in [5.74, 6) is 1.24. The highest BCUT2D eigenvalue weighted by Gasteiger charge is 2.42. The number of amides is 1. The standard InChI is InChI=1S/C19H35N5O/c1-3-20-18(21-9-12-23-10-5-4-7-16(23)2)24-11-6-8-19(15-24)13-17(25)22-14-19/h16H,3-15H2,1-2H3,(H,20,21)(H,22,25). The number of hydrogen-bond donors (Lipinski definition) is 2.